The van der Waals surface area contributed by atoms with Crippen LogP contribution in [0.2, 0.25) is 0 Å². The first-order valence-corrected chi connectivity index (χ1v) is 10.8. The van der Waals surface area contributed by atoms with Crippen LogP contribution in [-0.4, -0.2) is 80.3 Å². The van der Waals surface area contributed by atoms with E-state index in [0.717, 1.165) is 73.5 Å². The fourth-order valence-electron chi connectivity index (χ4n) is 3.98. The highest BCUT2D eigenvalue weighted by Crippen LogP contribution is 2.26. The Hall–Kier alpha value is -3.56. The number of ether oxygens (including phenoxy) is 1. The van der Waals surface area contributed by atoms with Gasteiger partial charge in [-0.3, -0.25) is 19.6 Å². The van der Waals surface area contributed by atoms with Crippen LogP contribution >= 0.6 is 0 Å². The topological polar surface area (TPSA) is 92.2 Å². The normalized spacial score (nSPS) is 15.2. The van der Waals surface area contributed by atoms with E-state index in [2.05, 4.69) is 30.1 Å². The highest BCUT2D eigenvalue weighted by molar-refractivity contribution is 5.80. The van der Waals surface area contributed by atoms with Crippen LogP contribution in [0.25, 0.3) is 22.2 Å². The van der Waals surface area contributed by atoms with Crippen LogP contribution in [0.3, 0.4) is 0 Å². The number of aromatic amines is 1. The molecule has 4 aromatic rings. The Labute approximate surface area is 185 Å². The molecule has 1 aliphatic rings. The van der Waals surface area contributed by atoms with Crippen LogP contribution in [0.4, 0.5) is 0 Å². The summed E-state index contributed by atoms with van der Waals surface area (Å²) >= 11 is 0. The van der Waals surface area contributed by atoms with Gasteiger partial charge in [0.25, 0.3) is 0 Å². The average molecular weight is 432 g/mol. The molecule has 5 rings (SSSR count). The van der Waals surface area contributed by atoms with E-state index in [4.69, 9.17) is 4.74 Å². The molecule has 0 aliphatic carbocycles. The van der Waals surface area contributed by atoms with Gasteiger partial charge in [0.05, 0.1) is 30.5 Å². The number of H-pyrrole nitrogens is 1. The molecule has 3 aromatic heterocycles. The van der Waals surface area contributed by atoms with Crippen molar-refractivity contribution in [2.75, 3.05) is 39.3 Å². The summed E-state index contributed by atoms with van der Waals surface area (Å²) in [5.41, 5.74) is 2.96. The molecule has 0 atom stereocenters. The van der Waals surface area contributed by atoms with Gasteiger partial charge in [-0.25, -0.2) is 4.98 Å². The van der Waals surface area contributed by atoms with Crippen molar-refractivity contribution in [2.45, 2.75) is 6.54 Å². The minimum atomic E-state index is 0.534. The molecular weight excluding hydrogens is 406 g/mol. The molecular formula is C23H25N7O2. The number of pyridine rings is 1. The van der Waals surface area contributed by atoms with Crippen molar-refractivity contribution in [3.05, 3.63) is 55.0 Å². The van der Waals surface area contributed by atoms with Gasteiger partial charge in [0.2, 0.25) is 5.88 Å². The predicted molar refractivity (Wildman–Crippen MR) is 121 cm³/mol. The molecule has 32 heavy (non-hydrogen) atoms. The Morgan fingerprint density at radius 1 is 1.00 bits per heavy atom. The molecule has 0 saturated carbocycles. The minimum absolute atomic E-state index is 0.534. The van der Waals surface area contributed by atoms with Crippen LogP contribution in [0.15, 0.2) is 55.0 Å². The first-order valence-electron chi connectivity index (χ1n) is 10.8. The van der Waals surface area contributed by atoms with Crippen LogP contribution < -0.4 is 4.74 Å². The summed E-state index contributed by atoms with van der Waals surface area (Å²) in [6.45, 7) is 6.15. The summed E-state index contributed by atoms with van der Waals surface area (Å²) in [4.78, 5) is 19.7. The molecule has 0 amide bonds. The Bertz CT molecular complexity index is 1160. The third-order valence-corrected chi connectivity index (χ3v) is 5.81. The summed E-state index contributed by atoms with van der Waals surface area (Å²) in [6, 6.07) is 11.7. The van der Waals surface area contributed by atoms with E-state index >= 15 is 0 Å². The smallest absolute Gasteiger partial charge is 0.219 e. The molecule has 1 N–H and O–H groups in total. The van der Waals surface area contributed by atoms with Gasteiger partial charge >= 0.3 is 0 Å². The summed E-state index contributed by atoms with van der Waals surface area (Å²) < 4.78 is 7.98. The van der Waals surface area contributed by atoms with E-state index in [-0.39, 0.29) is 0 Å². The Kier molecular flexibility index (Phi) is 5.91. The number of nitrogens with one attached hydrogen (secondary N) is 1. The van der Waals surface area contributed by atoms with Crippen LogP contribution in [-0.2, 0) is 11.3 Å². The molecule has 164 valence electrons. The van der Waals surface area contributed by atoms with E-state index in [1.165, 1.54) is 0 Å². The number of rotatable bonds is 8. The van der Waals surface area contributed by atoms with E-state index in [0.29, 0.717) is 12.4 Å². The Morgan fingerprint density at radius 3 is 2.62 bits per heavy atom. The number of hydrogen-bond acceptors (Lipinski definition) is 7. The molecule has 1 aliphatic heterocycles. The van der Waals surface area contributed by atoms with E-state index in [1.807, 2.05) is 47.3 Å². The van der Waals surface area contributed by atoms with Gasteiger partial charge < -0.3 is 9.53 Å². The van der Waals surface area contributed by atoms with Crippen molar-refractivity contribution in [3.8, 4) is 22.9 Å². The maximum absolute atomic E-state index is 10.7. The molecule has 1 aromatic carbocycles. The molecule has 0 unspecified atom stereocenters. The quantitative estimate of drug-likeness (QED) is 0.428. The highest BCUT2D eigenvalue weighted by Gasteiger charge is 2.16. The number of benzene rings is 1. The van der Waals surface area contributed by atoms with Gasteiger partial charge in [0.15, 0.2) is 0 Å². The monoisotopic (exact) mass is 431 g/mol. The fourth-order valence-corrected chi connectivity index (χ4v) is 3.98. The molecule has 1 saturated heterocycles. The van der Waals surface area contributed by atoms with E-state index in [9.17, 15) is 4.79 Å². The first-order chi connectivity index (χ1) is 15.8. The standard InChI is InChI=1S/C23H25N7O2/c31-14-13-29-9-7-28(8-10-29)11-12-30-22-3-2-20(15-19(22)17-26-30)32-23-4-1-18(16-24-23)21-5-6-25-27-21/h1-6,14-17H,7-13H2,(H,25,27). The summed E-state index contributed by atoms with van der Waals surface area (Å²) in [6.07, 6.45) is 6.33. The van der Waals surface area contributed by atoms with Gasteiger partial charge in [-0.1, -0.05) is 0 Å². The number of carbonyl (C=O) groups is 1. The first kappa shape index (κ1) is 20.3. The zero-order valence-corrected chi connectivity index (χ0v) is 17.7. The van der Waals surface area contributed by atoms with E-state index < -0.39 is 0 Å². The van der Waals surface area contributed by atoms with E-state index in [1.54, 1.807) is 12.4 Å². The second-order valence-electron chi connectivity index (χ2n) is 7.85. The summed E-state index contributed by atoms with van der Waals surface area (Å²) in [5.74, 6) is 1.26. The van der Waals surface area contributed by atoms with Crippen LogP contribution in [0.5, 0.6) is 11.6 Å². The maximum Gasteiger partial charge on any atom is 0.219 e. The number of aldehydes is 1. The molecule has 0 bridgehead atoms. The lowest BCUT2D eigenvalue weighted by atomic mass is 10.2. The Balaban J connectivity index is 1.20. The summed E-state index contributed by atoms with van der Waals surface area (Å²) in [7, 11) is 0. The SMILES string of the molecule is O=CCN1CCN(CCn2ncc3cc(Oc4ccc(-c5ccn[nH]5)cn4)ccc32)CC1. The molecule has 9 heteroatoms. The minimum Gasteiger partial charge on any atom is -0.439 e. The second-order valence-corrected chi connectivity index (χ2v) is 7.85. The predicted octanol–water partition coefficient (Wildman–Crippen LogP) is 2.43. The van der Waals surface area contributed by atoms with Crippen molar-refractivity contribution in [1.29, 1.82) is 0 Å². The Morgan fingerprint density at radius 2 is 1.88 bits per heavy atom. The summed E-state index contributed by atoms with van der Waals surface area (Å²) in [5, 5.41) is 12.5. The number of carbonyl (C=O) groups excluding carboxylic acids is 1. The largest absolute Gasteiger partial charge is 0.439 e. The van der Waals surface area contributed by atoms with Crippen molar-refractivity contribution in [3.63, 3.8) is 0 Å². The number of aromatic nitrogens is 5. The van der Waals surface area contributed by atoms with Crippen molar-refractivity contribution >= 4 is 17.2 Å². The molecule has 0 radical (unpaired) electrons. The zero-order valence-electron chi connectivity index (χ0n) is 17.7. The lowest BCUT2D eigenvalue weighted by Crippen LogP contribution is -2.47. The van der Waals surface area contributed by atoms with Crippen LogP contribution in [0.1, 0.15) is 0 Å². The fraction of sp³-hybridized carbons (Fsp3) is 0.304. The zero-order chi connectivity index (χ0) is 21.8. The lowest BCUT2D eigenvalue weighted by Gasteiger charge is -2.33. The third kappa shape index (κ3) is 4.53. The van der Waals surface area contributed by atoms with Crippen LogP contribution in [0, 0.1) is 0 Å². The third-order valence-electron chi connectivity index (χ3n) is 5.81. The van der Waals surface area contributed by atoms with Gasteiger partial charge in [-0.15, -0.1) is 0 Å². The van der Waals surface area contributed by atoms with Gasteiger partial charge in [-0.05, 0) is 30.3 Å². The van der Waals surface area contributed by atoms with Crippen molar-refractivity contribution < 1.29 is 9.53 Å². The van der Waals surface area contributed by atoms with Gasteiger partial charge in [-0.2, -0.15) is 10.2 Å². The van der Waals surface area contributed by atoms with Crippen molar-refractivity contribution in [2.24, 2.45) is 0 Å². The molecule has 1 fully saturated rings. The molecule has 0 spiro atoms. The number of fused-ring (bicyclic) bond motifs is 1. The number of nitrogens with zero attached hydrogens (tertiary/aromatic N) is 6. The van der Waals surface area contributed by atoms with Crippen molar-refractivity contribution in [1.82, 2.24) is 34.8 Å². The average Bonchev–Trinajstić information content (AvgIpc) is 3.50. The van der Waals surface area contributed by atoms with Gasteiger partial charge in [0.1, 0.15) is 12.0 Å². The molecule has 4 heterocycles. The number of piperazine rings is 1. The lowest BCUT2D eigenvalue weighted by molar-refractivity contribution is -0.109. The number of hydrogen-bond donors (Lipinski definition) is 1. The second kappa shape index (κ2) is 9.29. The highest BCUT2D eigenvalue weighted by atomic mass is 16.5. The van der Waals surface area contributed by atoms with Gasteiger partial charge in [0, 0.05) is 62.1 Å². The molecule has 9 nitrogen and oxygen atoms in total. The maximum atomic E-state index is 10.7.